The number of benzene rings is 11. The summed E-state index contributed by atoms with van der Waals surface area (Å²) >= 11 is 0. The Morgan fingerprint density at radius 2 is 0.787 bits per heavy atom. The second kappa shape index (κ2) is 16.0. The van der Waals surface area contributed by atoms with E-state index in [2.05, 4.69) is 252 Å². The molecule has 16 rings (SSSR count). The van der Waals surface area contributed by atoms with Gasteiger partial charge in [-0.05, 0) is 98.1 Å². The highest BCUT2D eigenvalue weighted by molar-refractivity contribution is 6.14. The fourth-order valence-electron chi connectivity index (χ4n) is 12.8. The van der Waals surface area contributed by atoms with E-state index < -0.39 is 5.41 Å². The molecule has 0 bridgehead atoms. The molecule has 0 saturated carbocycles. The van der Waals surface area contributed by atoms with E-state index in [1.807, 2.05) is 18.2 Å². The van der Waals surface area contributed by atoms with Gasteiger partial charge in [-0.25, -0.2) is 15.0 Å². The Morgan fingerprint density at radius 3 is 1.56 bits per heavy atom. The van der Waals surface area contributed by atoms with Crippen molar-refractivity contribution in [1.82, 2.24) is 24.1 Å². The number of nitrogens with zero attached hydrogens (tertiary/aromatic N) is 5. The standard InChI is InChI=1S/C70H43N5/c1-4-18-44(19-5-1)45-34-36-47(37-35-45)68-71-67(46-20-6-2-7-21-46)72-69(73-68)55-27-17-29-59-65(55)56-42-48(49-38-40-53-51-24-10-13-31-61(51)74(64(53)43-49)50-22-8-3-9-23-50)39-41-57(56)70(59)58-28-12-15-33-63(58)75-62-32-14-11-25-52(62)54-26-16-30-60(70)66(54)75/h1-43H. The Balaban J connectivity index is 0.979. The first-order chi connectivity index (χ1) is 37.2. The fraction of sp³-hybridized carbons (Fsp3) is 0.0143. The summed E-state index contributed by atoms with van der Waals surface area (Å²) in [6.45, 7) is 0. The third-order valence-electron chi connectivity index (χ3n) is 16.0. The quantitative estimate of drug-likeness (QED) is 0.167. The van der Waals surface area contributed by atoms with Gasteiger partial charge in [0.2, 0.25) is 0 Å². The molecule has 2 aliphatic rings. The third kappa shape index (κ3) is 5.98. The average Bonchev–Trinajstić information content (AvgIpc) is 4.15. The molecule has 3 aromatic heterocycles. The molecule has 5 nitrogen and oxygen atoms in total. The molecule has 1 unspecified atom stereocenters. The third-order valence-corrected chi connectivity index (χ3v) is 16.0. The Kier molecular flexibility index (Phi) is 8.89. The van der Waals surface area contributed by atoms with Crippen LogP contribution in [0.2, 0.25) is 0 Å². The van der Waals surface area contributed by atoms with Crippen molar-refractivity contribution in [2.24, 2.45) is 0 Å². The van der Waals surface area contributed by atoms with Gasteiger partial charge < -0.3 is 9.13 Å². The van der Waals surface area contributed by atoms with Crippen molar-refractivity contribution in [1.29, 1.82) is 0 Å². The van der Waals surface area contributed by atoms with Crippen molar-refractivity contribution in [2.75, 3.05) is 0 Å². The maximum Gasteiger partial charge on any atom is 0.164 e. The van der Waals surface area contributed by atoms with Crippen molar-refractivity contribution in [2.45, 2.75) is 5.41 Å². The maximum atomic E-state index is 5.48. The van der Waals surface area contributed by atoms with E-state index in [1.54, 1.807) is 0 Å². The molecule has 14 aromatic rings. The molecule has 1 aliphatic carbocycles. The van der Waals surface area contributed by atoms with E-state index in [9.17, 15) is 0 Å². The second-order valence-corrected chi connectivity index (χ2v) is 19.8. The summed E-state index contributed by atoms with van der Waals surface area (Å²) in [6.07, 6.45) is 0. The first-order valence-corrected chi connectivity index (χ1v) is 25.7. The summed E-state index contributed by atoms with van der Waals surface area (Å²) < 4.78 is 4.91. The van der Waals surface area contributed by atoms with E-state index in [4.69, 9.17) is 15.0 Å². The predicted molar refractivity (Wildman–Crippen MR) is 307 cm³/mol. The second-order valence-electron chi connectivity index (χ2n) is 19.8. The summed E-state index contributed by atoms with van der Waals surface area (Å²) in [7, 11) is 0. The number of fused-ring (bicyclic) bond motifs is 15. The van der Waals surface area contributed by atoms with Crippen LogP contribution in [0.5, 0.6) is 0 Å². The van der Waals surface area contributed by atoms with Crippen LogP contribution in [-0.4, -0.2) is 24.1 Å². The van der Waals surface area contributed by atoms with Gasteiger partial charge in [0.25, 0.3) is 0 Å². The van der Waals surface area contributed by atoms with Gasteiger partial charge in [0, 0.05) is 43.9 Å². The van der Waals surface area contributed by atoms with Gasteiger partial charge in [-0.1, -0.05) is 218 Å². The molecule has 1 atom stereocenters. The molecule has 1 aliphatic heterocycles. The predicted octanol–water partition coefficient (Wildman–Crippen LogP) is 17.1. The van der Waals surface area contributed by atoms with Crippen LogP contribution >= 0.6 is 0 Å². The minimum atomic E-state index is -0.686. The normalized spacial score (nSPS) is 14.2. The molecular formula is C70H43N5. The topological polar surface area (TPSA) is 48.5 Å². The van der Waals surface area contributed by atoms with Gasteiger partial charge in [0.15, 0.2) is 17.5 Å². The van der Waals surface area contributed by atoms with Gasteiger partial charge >= 0.3 is 0 Å². The van der Waals surface area contributed by atoms with Crippen molar-refractivity contribution < 1.29 is 0 Å². The van der Waals surface area contributed by atoms with Crippen molar-refractivity contribution in [3.8, 4) is 78.9 Å². The molecule has 75 heavy (non-hydrogen) atoms. The molecule has 0 N–H and O–H groups in total. The Bertz CT molecular complexity index is 4630. The van der Waals surface area contributed by atoms with Gasteiger partial charge in [0.1, 0.15) is 0 Å². The van der Waals surface area contributed by atoms with E-state index in [0.29, 0.717) is 17.5 Å². The highest BCUT2D eigenvalue weighted by atomic mass is 15.0. The number of hydrogen-bond acceptors (Lipinski definition) is 3. The first-order valence-electron chi connectivity index (χ1n) is 25.7. The fourth-order valence-corrected chi connectivity index (χ4v) is 12.8. The highest BCUT2D eigenvalue weighted by Gasteiger charge is 2.51. The zero-order chi connectivity index (χ0) is 49.2. The lowest BCUT2D eigenvalue weighted by Gasteiger charge is -2.39. The Morgan fingerprint density at radius 1 is 0.280 bits per heavy atom. The molecule has 0 amide bonds. The van der Waals surface area contributed by atoms with Crippen LogP contribution in [0.3, 0.4) is 0 Å². The largest absolute Gasteiger partial charge is 0.309 e. The van der Waals surface area contributed by atoms with Crippen molar-refractivity contribution in [3.63, 3.8) is 0 Å². The van der Waals surface area contributed by atoms with Crippen LogP contribution in [0.25, 0.3) is 123 Å². The van der Waals surface area contributed by atoms with Gasteiger partial charge in [-0.3, -0.25) is 0 Å². The number of para-hydroxylation sites is 5. The van der Waals surface area contributed by atoms with Gasteiger partial charge in [-0.15, -0.1) is 0 Å². The van der Waals surface area contributed by atoms with Crippen LogP contribution in [-0.2, 0) is 5.41 Å². The number of hydrogen-bond donors (Lipinski definition) is 0. The molecule has 11 aromatic carbocycles. The molecule has 1 spiro atoms. The average molecular weight is 954 g/mol. The molecular weight excluding hydrogens is 911 g/mol. The van der Waals surface area contributed by atoms with Crippen LogP contribution in [0.1, 0.15) is 22.3 Å². The van der Waals surface area contributed by atoms with Crippen molar-refractivity contribution >= 4 is 43.6 Å². The Hall–Kier alpha value is -9.97. The smallest absolute Gasteiger partial charge is 0.164 e. The van der Waals surface area contributed by atoms with Crippen molar-refractivity contribution in [3.05, 3.63) is 283 Å². The molecule has 4 heterocycles. The monoisotopic (exact) mass is 953 g/mol. The van der Waals surface area contributed by atoms with Crippen LogP contribution < -0.4 is 0 Å². The molecule has 0 fully saturated rings. The summed E-state index contributed by atoms with van der Waals surface area (Å²) in [4.78, 5) is 16.1. The van der Waals surface area contributed by atoms with Crippen LogP contribution in [0, 0.1) is 0 Å². The summed E-state index contributed by atoms with van der Waals surface area (Å²) in [5.41, 5.74) is 21.0. The number of aromatic nitrogens is 5. The SMILES string of the molecule is c1ccc(-c2ccc(-c3nc(-c4ccccc4)nc(-c4cccc5c4-c4cc(-c6ccc7c8ccccc8n(-c8ccccc8)c7c6)ccc4C54c5ccccc5-n5c6ccccc6c6cccc4c65)n3)cc2)cc1. The van der Waals surface area contributed by atoms with E-state index >= 15 is 0 Å². The van der Waals surface area contributed by atoms with E-state index in [0.717, 1.165) is 55.8 Å². The van der Waals surface area contributed by atoms with Gasteiger partial charge in [0.05, 0.1) is 33.2 Å². The molecule has 348 valence electrons. The minimum absolute atomic E-state index is 0.622. The zero-order valence-corrected chi connectivity index (χ0v) is 40.6. The summed E-state index contributed by atoms with van der Waals surface area (Å²) in [5, 5.41) is 4.95. The number of rotatable bonds is 6. The lowest BCUT2D eigenvalue weighted by atomic mass is 9.65. The van der Waals surface area contributed by atoms with E-state index in [1.165, 1.54) is 71.6 Å². The minimum Gasteiger partial charge on any atom is -0.309 e. The molecule has 5 heteroatoms. The summed E-state index contributed by atoms with van der Waals surface area (Å²) in [5.74, 6) is 1.88. The molecule has 0 saturated heterocycles. The van der Waals surface area contributed by atoms with Gasteiger partial charge in [-0.2, -0.15) is 0 Å². The van der Waals surface area contributed by atoms with E-state index in [-0.39, 0.29) is 0 Å². The summed E-state index contributed by atoms with van der Waals surface area (Å²) in [6, 6.07) is 94.7. The first kappa shape index (κ1) is 41.6. The lowest BCUT2D eigenvalue weighted by molar-refractivity contribution is 0.748. The lowest BCUT2D eigenvalue weighted by Crippen LogP contribution is -2.33. The Labute approximate surface area is 433 Å². The molecule has 0 radical (unpaired) electrons. The maximum absolute atomic E-state index is 5.48. The van der Waals surface area contributed by atoms with Crippen LogP contribution in [0.15, 0.2) is 261 Å². The zero-order valence-electron chi connectivity index (χ0n) is 40.6. The highest BCUT2D eigenvalue weighted by Crippen LogP contribution is 2.63. The van der Waals surface area contributed by atoms with Crippen LogP contribution in [0.4, 0.5) is 0 Å².